The molecular formula is C24H20ClNO6. The molecule has 0 saturated carbocycles. The van der Waals surface area contributed by atoms with Gasteiger partial charge in [0.25, 0.3) is 11.7 Å². The van der Waals surface area contributed by atoms with Crippen LogP contribution in [-0.2, 0) is 9.59 Å². The molecule has 0 bridgehead atoms. The highest BCUT2D eigenvalue weighted by Gasteiger charge is 2.48. The number of aryl methyl sites for hydroxylation is 1. The molecule has 1 amide bonds. The van der Waals surface area contributed by atoms with Crippen LogP contribution in [0.1, 0.15) is 23.1 Å². The lowest BCUT2D eigenvalue weighted by Gasteiger charge is -2.23. The van der Waals surface area contributed by atoms with Crippen LogP contribution >= 0.6 is 11.6 Å². The van der Waals surface area contributed by atoms with Crippen LogP contribution in [0.2, 0.25) is 5.02 Å². The first-order chi connectivity index (χ1) is 15.3. The molecule has 0 spiro atoms. The van der Waals surface area contributed by atoms with Gasteiger partial charge in [0.05, 0.1) is 25.4 Å². The molecule has 7 nitrogen and oxygen atoms in total. The van der Waals surface area contributed by atoms with Gasteiger partial charge in [-0.2, -0.15) is 0 Å². The predicted octanol–water partition coefficient (Wildman–Crippen LogP) is 4.88. The van der Waals surface area contributed by atoms with Gasteiger partial charge in [0.1, 0.15) is 34.8 Å². The fourth-order valence-corrected chi connectivity index (χ4v) is 3.92. The highest BCUT2D eigenvalue weighted by atomic mass is 35.5. The van der Waals surface area contributed by atoms with Gasteiger partial charge in [0, 0.05) is 16.8 Å². The molecule has 3 aromatic rings. The van der Waals surface area contributed by atoms with Gasteiger partial charge >= 0.3 is 0 Å². The summed E-state index contributed by atoms with van der Waals surface area (Å²) in [4.78, 5) is 27.5. The lowest BCUT2D eigenvalue weighted by atomic mass is 9.98. The Morgan fingerprint density at radius 3 is 2.47 bits per heavy atom. The molecular weight excluding hydrogens is 434 g/mol. The van der Waals surface area contributed by atoms with E-state index >= 15 is 0 Å². The molecule has 0 radical (unpaired) electrons. The third-order valence-corrected chi connectivity index (χ3v) is 5.46. The van der Waals surface area contributed by atoms with Crippen molar-refractivity contribution in [2.24, 2.45) is 0 Å². The molecule has 164 valence electrons. The largest absolute Gasteiger partial charge is 0.507 e. The molecule has 1 fully saturated rings. The number of benzene rings is 2. The lowest BCUT2D eigenvalue weighted by Crippen LogP contribution is -2.29. The minimum atomic E-state index is -0.992. The first kappa shape index (κ1) is 21.5. The Hall–Kier alpha value is -3.71. The molecule has 1 aliphatic heterocycles. The first-order valence-corrected chi connectivity index (χ1v) is 10.1. The zero-order chi connectivity index (χ0) is 23.0. The Morgan fingerprint density at radius 2 is 1.84 bits per heavy atom. The van der Waals surface area contributed by atoms with Crippen LogP contribution in [0, 0.1) is 6.92 Å². The number of aliphatic hydroxyl groups excluding tert-OH is 1. The molecule has 0 aliphatic carbocycles. The Balaban J connectivity index is 1.96. The van der Waals surface area contributed by atoms with Gasteiger partial charge in [-0.25, -0.2) is 0 Å². The Bertz CT molecular complexity index is 1240. The number of carbonyl (C=O) groups excluding carboxylic acids is 2. The van der Waals surface area contributed by atoms with Gasteiger partial charge in [-0.1, -0.05) is 17.7 Å². The molecule has 4 rings (SSSR count). The fourth-order valence-electron chi connectivity index (χ4n) is 3.73. The van der Waals surface area contributed by atoms with Crippen LogP contribution < -0.4 is 14.4 Å². The molecule has 32 heavy (non-hydrogen) atoms. The number of halogens is 1. The third-order valence-electron chi connectivity index (χ3n) is 5.23. The number of methoxy groups -OCH3 is 2. The number of carbonyl (C=O) groups is 2. The van der Waals surface area contributed by atoms with E-state index in [2.05, 4.69) is 0 Å². The Morgan fingerprint density at radius 1 is 1.06 bits per heavy atom. The smallest absolute Gasteiger partial charge is 0.300 e. The number of ether oxygens (including phenoxy) is 2. The summed E-state index contributed by atoms with van der Waals surface area (Å²) in [5.74, 6) is -0.318. The van der Waals surface area contributed by atoms with Crippen molar-refractivity contribution in [2.45, 2.75) is 13.0 Å². The minimum Gasteiger partial charge on any atom is -0.507 e. The average Bonchev–Trinajstić information content (AvgIpc) is 3.33. The van der Waals surface area contributed by atoms with E-state index in [1.165, 1.54) is 19.1 Å². The fraction of sp³-hybridized carbons (Fsp3) is 0.167. The summed E-state index contributed by atoms with van der Waals surface area (Å²) in [6.07, 6.45) is 0. The number of anilines is 1. The van der Waals surface area contributed by atoms with Crippen LogP contribution in [-0.4, -0.2) is 31.0 Å². The quantitative estimate of drug-likeness (QED) is 0.336. The van der Waals surface area contributed by atoms with E-state index in [4.69, 9.17) is 25.5 Å². The van der Waals surface area contributed by atoms with E-state index in [-0.39, 0.29) is 22.6 Å². The average molecular weight is 454 g/mol. The zero-order valence-corrected chi connectivity index (χ0v) is 18.3. The Kier molecular flexibility index (Phi) is 5.67. The number of rotatable bonds is 5. The van der Waals surface area contributed by atoms with Gasteiger partial charge in [-0.3, -0.25) is 14.5 Å². The topological polar surface area (TPSA) is 89.2 Å². The summed E-state index contributed by atoms with van der Waals surface area (Å²) in [6.45, 7) is 1.75. The van der Waals surface area contributed by atoms with Crippen molar-refractivity contribution in [3.05, 3.63) is 82.3 Å². The molecule has 1 N–H and O–H groups in total. The monoisotopic (exact) mass is 453 g/mol. The van der Waals surface area contributed by atoms with Crippen molar-refractivity contribution < 1.29 is 28.6 Å². The minimum absolute atomic E-state index is 0.118. The number of aliphatic hydroxyl groups is 1. The number of Topliss-reactive ketones (excluding diaryl/α,β-unsaturated/α-hetero) is 1. The van der Waals surface area contributed by atoms with Gasteiger partial charge in [0.2, 0.25) is 0 Å². The van der Waals surface area contributed by atoms with Crippen molar-refractivity contribution in [1.82, 2.24) is 0 Å². The van der Waals surface area contributed by atoms with Crippen molar-refractivity contribution in [3.63, 3.8) is 0 Å². The molecule has 1 unspecified atom stereocenters. The van der Waals surface area contributed by atoms with Gasteiger partial charge in [0.15, 0.2) is 0 Å². The van der Waals surface area contributed by atoms with Crippen molar-refractivity contribution in [1.29, 1.82) is 0 Å². The van der Waals surface area contributed by atoms with Crippen LogP contribution in [0.5, 0.6) is 11.5 Å². The van der Waals surface area contributed by atoms with E-state index in [9.17, 15) is 14.7 Å². The normalized spacial score (nSPS) is 17.6. The van der Waals surface area contributed by atoms with E-state index in [0.717, 1.165) is 0 Å². The van der Waals surface area contributed by atoms with Crippen LogP contribution in [0.3, 0.4) is 0 Å². The molecule has 1 saturated heterocycles. The zero-order valence-electron chi connectivity index (χ0n) is 17.6. The van der Waals surface area contributed by atoms with E-state index in [1.807, 2.05) is 0 Å². The molecule has 8 heteroatoms. The molecule has 2 heterocycles. The summed E-state index contributed by atoms with van der Waals surface area (Å²) >= 11 is 6.13. The predicted molar refractivity (Wildman–Crippen MR) is 119 cm³/mol. The van der Waals surface area contributed by atoms with Crippen LogP contribution in [0.15, 0.2) is 64.6 Å². The Labute approximate surface area is 189 Å². The van der Waals surface area contributed by atoms with Crippen LogP contribution in [0.25, 0.3) is 5.76 Å². The number of furan rings is 1. The molecule has 1 aliphatic rings. The summed E-state index contributed by atoms with van der Waals surface area (Å²) in [5.41, 5.74) is 0.526. The number of nitrogens with zero attached hydrogens (tertiary/aromatic N) is 1. The van der Waals surface area contributed by atoms with Gasteiger partial charge in [-0.05, 0) is 49.4 Å². The first-order valence-electron chi connectivity index (χ1n) is 9.71. The van der Waals surface area contributed by atoms with E-state index in [1.54, 1.807) is 61.5 Å². The standard InChI is InChI=1S/C24H20ClNO6/c1-13-7-10-18(32-13)21-20(22(27)17-9-8-16(30-2)12-19(17)31-3)23(28)24(29)26(21)15-6-4-5-14(25)11-15/h4-12,21,27H,1-3H3/b22-20-. The lowest BCUT2D eigenvalue weighted by molar-refractivity contribution is -0.132. The molecule has 1 aromatic heterocycles. The number of hydrogen-bond acceptors (Lipinski definition) is 6. The number of hydrogen-bond donors (Lipinski definition) is 1. The summed E-state index contributed by atoms with van der Waals surface area (Å²) in [7, 11) is 2.94. The maximum atomic E-state index is 13.2. The van der Waals surface area contributed by atoms with Gasteiger partial charge in [-0.15, -0.1) is 0 Å². The highest BCUT2D eigenvalue weighted by Crippen LogP contribution is 2.44. The molecule has 1 atom stereocenters. The highest BCUT2D eigenvalue weighted by molar-refractivity contribution is 6.51. The second-order valence-electron chi connectivity index (χ2n) is 7.16. The van der Waals surface area contributed by atoms with Crippen LogP contribution in [0.4, 0.5) is 5.69 Å². The van der Waals surface area contributed by atoms with Crippen molar-refractivity contribution >= 4 is 34.7 Å². The third kappa shape index (κ3) is 3.61. The summed E-state index contributed by atoms with van der Waals surface area (Å²) in [5, 5.41) is 11.6. The summed E-state index contributed by atoms with van der Waals surface area (Å²) < 4.78 is 16.4. The van der Waals surface area contributed by atoms with Crippen molar-refractivity contribution in [3.8, 4) is 11.5 Å². The maximum absolute atomic E-state index is 13.2. The SMILES string of the molecule is COc1ccc(/C(O)=C2/C(=O)C(=O)N(c3cccc(Cl)c3)C2c2ccc(C)o2)c(OC)c1. The number of amides is 1. The molecule has 2 aromatic carbocycles. The second-order valence-corrected chi connectivity index (χ2v) is 7.60. The number of ketones is 1. The summed E-state index contributed by atoms with van der Waals surface area (Å²) in [6, 6.07) is 13.7. The van der Waals surface area contributed by atoms with Gasteiger partial charge < -0.3 is 19.0 Å². The van der Waals surface area contributed by atoms with Crippen molar-refractivity contribution in [2.75, 3.05) is 19.1 Å². The van der Waals surface area contributed by atoms with E-state index < -0.39 is 17.7 Å². The second kappa shape index (κ2) is 8.43. The maximum Gasteiger partial charge on any atom is 0.300 e. The van der Waals surface area contributed by atoms with E-state index in [0.29, 0.717) is 28.0 Å².